The fourth-order valence-corrected chi connectivity index (χ4v) is 4.29. The fourth-order valence-electron chi connectivity index (χ4n) is 4.29. The Balaban J connectivity index is 0.00000420. The van der Waals surface area contributed by atoms with Crippen LogP contribution >= 0.6 is 0 Å². The molecule has 4 aromatic rings. The summed E-state index contributed by atoms with van der Waals surface area (Å²) in [4.78, 5) is 44.9. The second-order valence-corrected chi connectivity index (χ2v) is 9.36. The van der Waals surface area contributed by atoms with E-state index in [9.17, 15) is 14.4 Å². The van der Waals surface area contributed by atoms with Gasteiger partial charge >= 0.3 is 0 Å². The molecule has 9 nitrogen and oxygen atoms in total. The van der Waals surface area contributed by atoms with Gasteiger partial charge in [-0.1, -0.05) is 38.3 Å². The zero-order valence-corrected chi connectivity index (χ0v) is 22.2. The Kier molecular flexibility index (Phi) is 7.57. The van der Waals surface area contributed by atoms with Crippen molar-refractivity contribution in [3.8, 4) is 11.1 Å². The first-order valence-electron chi connectivity index (χ1n) is 12.6. The van der Waals surface area contributed by atoms with Crippen LogP contribution in [-0.2, 0) is 9.59 Å². The summed E-state index contributed by atoms with van der Waals surface area (Å²) in [6.45, 7) is 16.5. The van der Waals surface area contributed by atoms with Crippen LogP contribution in [0, 0.1) is 0 Å². The maximum absolute atomic E-state index is 13.4. The molecule has 0 bridgehead atoms. The predicted molar refractivity (Wildman–Crippen MR) is 152 cm³/mol. The lowest BCUT2D eigenvalue weighted by molar-refractivity contribution is -0.128. The molecule has 0 aliphatic heterocycles. The third-order valence-corrected chi connectivity index (χ3v) is 6.39. The van der Waals surface area contributed by atoms with E-state index in [2.05, 4.69) is 42.4 Å². The maximum atomic E-state index is 13.4. The summed E-state index contributed by atoms with van der Waals surface area (Å²) in [5.74, 6) is -1.08. The molecule has 2 heterocycles. The van der Waals surface area contributed by atoms with Gasteiger partial charge in [-0.05, 0) is 51.0 Å². The summed E-state index contributed by atoms with van der Waals surface area (Å²) < 4.78 is 3.00. The highest BCUT2D eigenvalue weighted by Crippen LogP contribution is 2.29. The van der Waals surface area contributed by atoms with Gasteiger partial charge in [-0.3, -0.25) is 23.6 Å². The molecular weight excluding hydrogens is 480 g/mol. The Labute approximate surface area is 222 Å². The third kappa shape index (κ3) is 5.00. The Morgan fingerprint density at radius 2 is 1.92 bits per heavy atom. The summed E-state index contributed by atoms with van der Waals surface area (Å²) in [7, 11) is 0. The number of hydrogen-bond acceptors (Lipinski definition) is 5. The number of rotatable bonds is 9. The molecular formula is C29H34N6O3. The fraction of sp³-hybridized carbons (Fsp3) is 0.276. The summed E-state index contributed by atoms with van der Waals surface area (Å²) in [5, 5.41) is 8.39. The van der Waals surface area contributed by atoms with Crippen LogP contribution in [0.1, 0.15) is 41.6 Å². The molecule has 0 radical (unpaired) electrons. The van der Waals surface area contributed by atoms with Crippen molar-refractivity contribution in [1.82, 2.24) is 29.5 Å². The van der Waals surface area contributed by atoms with Crippen LogP contribution in [0.25, 0.3) is 38.6 Å². The molecule has 198 valence electrons. The Bertz CT molecular complexity index is 1640. The largest absolute Gasteiger partial charge is 0.338 e. The Morgan fingerprint density at radius 1 is 1.16 bits per heavy atom. The molecule has 1 N–H and O–H groups in total. The average molecular weight is 515 g/mol. The number of aromatic nitrogens is 4. The highest BCUT2D eigenvalue weighted by Gasteiger charge is 2.20. The van der Waals surface area contributed by atoms with Crippen LogP contribution in [0.2, 0.25) is 0 Å². The van der Waals surface area contributed by atoms with Gasteiger partial charge in [0.05, 0.1) is 22.1 Å². The first kappa shape index (κ1) is 26.5. The Hall–Kier alpha value is -4.53. The smallest absolute Gasteiger partial charge is 0.272 e. The van der Waals surface area contributed by atoms with E-state index in [1.165, 1.54) is 6.33 Å². The van der Waals surface area contributed by atoms with Crippen molar-refractivity contribution < 1.29 is 11.0 Å². The number of carbonyl (C=O) groups excluding carboxylic acids is 2. The predicted octanol–water partition coefficient (Wildman–Crippen LogP) is 4.60. The van der Waals surface area contributed by atoms with Gasteiger partial charge in [-0.2, -0.15) is 5.10 Å². The van der Waals surface area contributed by atoms with Crippen LogP contribution < -0.4 is 10.9 Å². The summed E-state index contributed by atoms with van der Waals surface area (Å²) in [5.41, 5.74) is 2.40. The highest BCUT2D eigenvalue weighted by atomic mass is 16.2. The van der Waals surface area contributed by atoms with E-state index in [-0.39, 0.29) is 24.8 Å². The lowest BCUT2D eigenvalue weighted by Crippen LogP contribution is -2.39. The number of amides is 2. The lowest BCUT2D eigenvalue weighted by atomic mass is 10.0. The minimum absolute atomic E-state index is 0. The molecule has 0 saturated carbocycles. The van der Waals surface area contributed by atoms with E-state index in [1.807, 2.05) is 49.0 Å². The highest BCUT2D eigenvalue weighted by molar-refractivity contribution is 6.15. The lowest BCUT2D eigenvalue weighted by Gasteiger charge is -2.21. The first-order chi connectivity index (χ1) is 18.2. The van der Waals surface area contributed by atoms with Gasteiger partial charge in [-0.15, -0.1) is 0 Å². The number of fused-ring (bicyclic) bond motifs is 2. The molecule has 4 rings (SSSR count). The minimum Gasteiger partial charge on any atom is -0.338 e. The number of benzene rings is 2. The molecule has 0 atom stereocenters. The van der Waals surface area contributed by atoms with Crippen LogP contribution in [0.5, 0.6) is 0 Å². The van der Waals surface area contributed by atoms with E-state index in [0.29, 0.717) is 24.0 Å². The molecule has 2 aromatic carbocycles. The van der Waals surface area contributed by atoms with Crippen molar-refractivity contribution in [2.45, 2.75) is 40.2 Å². The molecule has 2 aromatic heterocycles. The monoisotopic (exact) mass is 514 g/mol. The molecule has 0 aliphatic rings. The second kappa shape index (κ2) is 10.8. The SMILES string of the molecule is C=C(NC(=O)C(=C)n1cnc2c(-c3ccc4nn(C(C)C)cc4c3)cccc2c1=O)C(=O)N(CC)CCC.[HH]. The maximum Gasteiger partial charge on any atom is 0.272 e. The van der Waals surface area contributed by atoms with Crippen molar-refractivity contribution in [2.24, 2.45) is 0 Å². The van der Waals surface area contributed by atoms with Gasteiger partial charge in [0.1, 0.15) is 12.0 Å². The number of likely N-dealkylation sites (N-methyl/N-ethyl adjacent to an activating group) is 1. The van der Waals surface area contributed by atoms with Gasteiger partial charge in [0.25, 0.3) is 17.4 Å². The summed E-state index contributed by atoms with van der Waals surface area (Å²) >= 11 is 0. The number of nitrogens with zero attached hydrogens (tertiary/aromatic N) is 5. The molecule has 38 heavy (non-hydrogen) atoms. The number of hydrogen-bond donors (Lipinski definition) is 1. The standard InChI is InChI=1S/C29H32N6O3.H2/c1-7-14-33(8-2)28(37)19(5)31-27(36)20(6)34-17-30-26-23(10-9-11-24(26)29(34)38)21-12-13-25-22(15-21)16-35(32-25)18(3)4;/h9-13,15-18H,5-8,14H2,1-4H3,(H,31,36);1H. The molecule has 0 spiro atoms. The minimum atomic E-state index is -0.706. The van der Waals surface area contributed by atoms with Gasteiger partial charge < -0.3 is 10.2 Å². The van der Waals surface area contributed by atoms with Crippen LogP contribution in [0.4, 0.5) is 0 Å². The molecule has 0 aliphatic carbocycles. The topological polar surface area (TPSA) is 102 Å². The number of para-hydroxylation sites is 1. The Morgan fingerprint density at radius 3 is 2.61 bits per heavy atom. The van der Waals surface area contributed by atoms with Crippen molar-refractivity contribution >= 4 is 39.3 Å². The van der Waals surface area contributed by atoms with E-state index < -0.39 is 11.5 Å². The normalized spacial score (nSPS) is 11.2. The van der Waals surface area contributed by atoms with E-state index in [0.717, 1.165) is 33.0 Å². The molecule has 0 saturated heterocycles. The van der Waals surface area contributed by atoms with Crippen LogP contribution in [0.15, 0.2) is 72.6 Å². The van der Waals surface area contributed by atoms with E-state index in [1.54, 1.807) is 17.0 Å². The first-order valence-corrected chi connectivity index (χ1v) is 12.6. The molecule has 9 heteroatoms. The second-order valence-electron chi connectivity index (χ2n) is 9.36. The van der Waals surface area contributed by atoms with Crippen molar-refractivity contribution in [3.05, 3.63) is 78.1 Å². The van der Waals surface area contributed by atoms with Crippen molar-refractivity contribution in [3.63, 3.8) is 0 Å². The van der Waals surface area contributed by atoms with Gasteiger partial charge in [0.2, 0.25) is 0 Å². The van der Waals surface area contributed by atoms with Gasteiger partial charge in [-0.25, -0.2) is 4.98 Å². The van der Waals surface area contributed by atoms with Crippen molar-refractivity contribution in [1.29, 1.82) is 0 Å². The zero-order chi connectivity index (χ0) is 27.6. The summed E-state index contributed by atoms with van der Waals surface area (Å²) in [6, 6.07) is 11.5. The third-order valence-electron chi connectivity index (χ3n) is 6.39. The quantitative estimate of drug-likeness (QED) is 0.329. The van der Waals surface area contributed by atoms with Gasteiger partial charge in [0, 0.05) is 37.7 Å². The van der Waals surface area contributed by atoms with E-state index in [4.69, 9.17) is 0 Å². The molecule has 0 fully saturated rings. The zero-order valence-electron chi connectivity index (χ0n) is 22.2. The van der Waals surface area contributed by atoms with Crippen molar-refractivity contribution in [2.75, 3.05) is 13.1 Å². The van der Waals surface area contributed by atoms with Crippen LogP contribution in [-0.4, -0.2) is 49.1 Å². The molecule has 0 unspecified atom stereocenters. The molecule has 2 amide bonds. The number of nitrogens with one attached hydrogen (secondary N) is 1. The average Bonchev–Trinajstić information content (AvgIpc) is 3.35. The van der Waals surface area contributed by atoms with E-state index >= 15 is 0 Å². The van der Waals surface area contributed by atoms with Crippen LogP contribution in [0.3, 0.4) is 0 Å². The van der Waals surface area contributed by atoms with Gasteiger partial charge in [0.15, 0.2) is 0 Å². The number of carbonyl (C=O) groups is 2. The summed E-state index contributed by atoms with van der Waals surface area (Å²) in [6.07, 6.45) is 4.06.